The van der Waals surface area contributed by atoms with Crippen molar-refractivity contribution in [1.82, 2.24) is 30.2 Å². The number of fused-ring (bicyclic) bond motifs is 1. The Morgan fingerprint density at radius 1 is 1.18 bits per heavy atom. The molecule has 2 N–H and O–H groups in total. The van der Waals surface area contributed by atoms with E-state index in [4.69, 9.17) is 0 Å². The second kappa shape index (κ2) is 6.74. The minimum Gasteiger partial charge on any atom is -0.348 e. The van der Waals surface area contributed by atoms with Crippen molar-refractivity contribution in [2.45, 2.75) is 44.7 Å². The number of benzene rings is 1. The summed E-state index contributed by atoms with van der Waals surface area (Å²) in [5.74, 6) is -0.0601. The van der Waals surface area contributed by atoms with Crippen molar-refractivity contribution in [2.24, 2.45) is 7.05 Å². The van der Waals surface area contributed by atoms with Crippen molar-refractivity contribution < 1.29 is 4.79 Å². The average Bonchev–Trinajstić information content (AvgIpc) is 3.29. The minimum absolute atomic E-state index is 0.0601. The molecule has 7 heteroatoms. The van der Waals surface area contributed by atoms with E-state index in [0.717, 1.165) is 59.6 Å². The zero-order valence-electron chi connectivity index (χ0n) is 16.4. The molecule has 1 saturated carbocycles. The van der Waals surface area contributed by atoms with Crippen LogP contribution in [0.4, 0.5) is 0 Å². The number of rotatable bonds is 4. The lowest BCUT2D eigenvalue weighted by molar-refractivity contribution is 0.0905. The van der Waals surface area contributed by atoms with Gasteiger partial charge in [0.25, 0.3) is 5.91 Å². The Morgan fingerprint density at radius 3 is 2.64 bits per heavy atom. The van der Waals surface area contributed by atoms with Crippen molar-refractivity contribution in [3.05, 3.63) is 35.8 Å². The molecule has 0 bridgehead atoms. The number of nitrogens with zero attached hydrogens (tertiary/aromatic N) is 4. The van der Waals surface area contributed by atoms with Gasteiger partial charge in [-0.3, -0.25) is 14.6 Å². The highest BCUT2D eigenvalue weighted by atomic mass is 16.2. The van der Waals surface area contributed by atoms with E-state index in [9.17, 15) is 4.79 Å². The molecule has 1 amide bonds. The quantitative estimate of drug-likeness (QED) is 0.732. The van der Waals surface area contributed by atoms with Gasteiger partial charge in [-0.25, -0.2) is 0 Å². The van der Waals surface area contributed by atoms with Crippen LogP contribution < -0.4 is 5.32 Å². The molecule has 0 spiro atoms. The number of aromatic nitrogens is 4. The lowest BCUT2D eigenvalue weighted by atomic mass is 10.0. The zero-order valence-corrected chi connectivity index (χ0v) is 16.4. The SMILES string of the molecule is Cc1cc(-c2cnn(C)c2)cc2c(C(=O)NC3CCN(C4CC4)CC3)[nH]nc12. The maximum atomic E-state index is 13.0. The number of hydrogen-bond acceptors (Lipinski definition) is 4. The summed E-state index contributed by atoms with van der Waals surface area (Å²) in [6.45, 7) is 4.20. The summed E-state index contributed by atoms with van der Waals surface area (Å²) in [4.78, 5) is 15.5. The predicted octanol–water partition coefficient (Wildman–Crippen LogP) is 2.63. The van der Waals surface area contributed by atoms with E-state index < -0.39 is 0 Å². The summed E-state index contributed by atoms with van der Waals surface area (Å²) in [7, 11) is 1.90. The van der Waals surface area contributed by atoms with Gasteiger partial charge in [0.05, 0.1) is 11.7 Å². The second-order valence-electron chi connectivity index (χ2n) is 8.21. The Morgan fingerprint density at radius 2 is 1.96 bits per heavy atom. The highest BCUT2D eigenvalue weighted by Crippen LogP contribution is 2.30. The van der Waals surface area contributed by atoms with Crippen molar-refractivity contribution >= 4 is 16.8 Å². The third-order valence-electron chi connectivity index (χ3n) is 6.04. The highest BCUT2D eigenvalue weighted by Gasteiger charge is 2.32. The molecule has 0 unspecified atom stereocenters. The van der Waals surface area contributed by atoms with E-state index in [1.54, 1.807) is 4.68 Å². The van der Waals surface area contributed by atoms with Crippen molar-refractivity contribution in [3.63, 3.8) is 0 Å². The Kier molecular flexibility index (Phi) is 4.19. The van der Waals surface area contributed by atoms with Crippen LogP contribution in [-0.4, -0.2) is 56.0 Å². The zero-order chi connectivity index (χ0) is 19.3. The Labute approximate surface area is 164 Å². The number of carbonyl (C=O) groups excluding carboxylic acids is 1. The molecular weight excluding hydrogens is 352 g/mol. The molecule has 146 valence electrons. The molecule has 28 heavy (non-hydrogen) atoms. The first-order chi connectivity index (χ1) is 13.6. The Bertz CT molecular complexity index is 1020. The van der Waals surface area contributed by atoms with Crippen LogP contribution >= 0.6 is 0 Å². The van der Waals surface area contributed by atoms with E-state index >= 15 is 0 Å². The van der Waals surface area contributed by atoms with Crippen molar-refractivity contribution in [2.75, 3.05) is 13.1 Å². The van der Waals surface area contributed by atoms with Crippen LogP contribution in [0.1, 0.15) is 41.7 Å². The van der Waals surface area contributed by atoms with Crippen molar-refractivity contribution in [1.29, 1.82) is 0 Å². The molecule has 0 radical (unpaired) electrons. The summed E-state index contributed by atoms with van der Waals surface area (Å²) in [6.07, 6.45) is 8.55. The maximum Gasteiger partial charge on any atom is 0.270 e. The van der Waals surface area contributed by atoms with E-state index in [1.165, 1.54) is 12.8 Å². The van der Waals surface area contributed by atoms with Crippen LogP contribution in [0.3, 0.4) is 0 Å². The van der Waals surface area contributed by atoms with Gasteiger partial charge >= 0.3 is 0 Å². The smallest absolute Gasteiger partial charge is 0.270 e. The monoisotopic (exact) mass is 378 g/mol. The largest absolute Gasteiger partial charge is 0.348 e. The van der Waals surface area contributed by atoms with Crippen LogP contribution in [0.2, 0.25) is 0 Å². The average molecular weight is 378 g/mol. The second-order valence-corrected chi connectivity index (χ2v) is 8.21. The first-order valence-corrected chi connectivity index (χ1v) is 10.1. The predicted molar refractivity (Wildman–Crippen MR) is 108 cm³/mol. The number of amides is 1. The molecule has 7 nitrogen and oxygen atoms in total. The molecule has 0 atom stereocenters. The summed E-state index contributed by atoms with van der Waals surface area (Å²) in [5.41, 5.74) is 4.53. The third-order valence-corrected chi connectivity index (χ3v) is 6.04. The molecule has 3 aromatic rings. The fraction of sp³-hybridized carbons (Fsp3) is 0.476. The molecule has 2 fully saturated rings. The first-order valence-electron chi connectivity index (χ1n) is 10.1. The standard InChI is InChI=1S/C21H26N6O/c1-13-9-14(15-11-22-26(2)12-15)10-18-19(13)24-25-20(18)21(28)23-16-5-7-27(8-6-16)17-3-4-17/h9-12,16-17H,3-8H2,1-2H3,(H,23,28)(H,24,25). The van der Waals surface area contributed by atoms with Crippen LogP contribution in [0.15, 0.2) is 24.5 Å². The number of likely N-dealkylation sites (tertiary alicyclic amines) is 1. The van der Waals surface area contributed by atoms with Gasteiger partial charge in [-0.1, -0.05) is 0 Å². The van der Waals surface area contributed by atoms with Gasteiger partial charge in [-0.05, 0) is 55.9 Å². The molecule has 1 saturated heterocycles. The molecule has 1 aliphatic carbocycles. The lowest BCUT2D eigenvalue weighted by Gasteiger charge is -2.32. The third kappa shape index (κ3) is 3.20. The van der Waals surface area contributed by atoms with Gasteiger partial charge in [-0.15, -0.1) is 0 Å². The summed E-state index contributed by atoms with van der Waals surface area (Å²) in [5, 5.41) is 15.7. The van der Waals surface area contributed by atoms with Gasteiger partial charge in [0.15, 0.2) is 0 Å². The van der Waals surface area contributed by atoms with E-state index in [2.05, 4.69) is 31.6 Å². The summed E-state index contributed by atoms with van der Waals surface area (Å²) in [6, 6.07) is 5.17. The number of H-pyrrole nitrogens is 1. The van der Waals surface area contributed by atoms with E-state index in [0.29, 0.717) is 5.69 Å². The fourth-order valence-corrected chi connectivity index (χ4v) is 4.31. The van der Waals surface area contributed by atoms with Crippen LogP contribution in [-0.2, 0) is 7.05 Å². The van der Waals surface area contributed by atoms with Gasteiger partial charge < -0.3 is 10.2 Å². The highest BCUT2D eigenvalue weighted by molar-refractivity contribution is 6.06. The Balaban J connectivity index is 1.37. The Hall–Kier alpha value is -2.67. The fourth-order valence-electron chi connectivity index (χ4n) is 4.31. The minimum atomic E-state index is -0.0601. The molecule has 1 aliphatic heterocycles. The molecular formula is C21H26N6O. The van der Waals surface area contributed by atoms with Crippen molar-refractivity contribution in [3.8, 4) is 11.1 Å². The maximum absolute atomic E-state index is 13.0. The van der Waals surface area contributed by atoms with Crippen LogP contribution in [0.5, 0.6) is 0 Å². The number of hydrogen-bond donors (Lipinski definition) is 2. The topological polar surface area (TPSA) is 78.8 Å². The summed E-state index contributed by atoms with van der Waals surface area (Å²) >= 11 is 0. The lowest BCUT2D eigenvalue weighted by Crippen LogP contribution is -2.45. The normalized spacial score (nSPS) is 18.6. The molecule has 3 heterocycles. The first kappa shape index (κ1) is 17.4. The number of aryl methyl sites for hydroxylation is 2. The number of carbonyl (C=O) groups is 1. The van der Waals surface area contributed by atoms with Gasteiger partial charge in [-0.2, -0.15) is 10.2 Å². The molecule has 2 aliphatic rings. The number of piperidine rings is 1. The van der Waals surface area contributed by atoms with Crippen LogP contribution in [0, 0.1) is 6.92 Å². The van der Waals surface area contributed by atoms with Crippen LogP contribution in [0.25, 0.3) is 22.0 Å². The van der Waals surface area contributed by atoms with Gasteiger partial charge in [0.2, 0.25) is 0 Å². The molecule has 5 rings (SSSR count). The van der Waals surface area contributed by atoms with Gasteiger partial charge in [0, 0.05) is 49.4 Å². The summed E-state index contributed by atoms with van der Waals surface area (Å²) < 4.78 is 1.78. The van der Waals surface area contributed by atoms with E-state index in [-0.39, 0.29) is 11.9 Å². The number of aromatic amines is 1. The molecule has 1 aromatic carbocycles. The number of nitrogens with one attached hydrogen (secondary N) is 2. The molecule has 2 aromatic heterocycles. The van der Waals surface area contributed by atoms with Gasteiger partial charge in [0.1, 0.15) is 5.69 Å². The van der Waals surface area contributed by atoms with E-state index in [1.807, 2.05) is 32.4 Å².